The van der Waals surface area contributed by atoms with E-state index < -0.39 is 0 Å². The standard InChI is InChI=1S/C10H20N2O/c1-8-7-9(8)10(13)12(3)6-4-5-11-2/h8-9,11H,4-7H2,1-3H3. The maximum Gasteiger partial charge on any atom is 0.225 e. The Morgan fingerprint density at radius 2 is 2.23 bits per heavy atom. The second kappa shape index (κ2) is 4.61. The molecule has 0 bridgehead atoms. The highest BCUT2D eigenvalue weighted by atomic mass is 16.2. The first kappa shape index (κ1) is 10.5. The Hall–Kier alpha value is -0.570. The highest BCUT2D eigenvalue weighted by Crippen LogP contribution is 2.38. The zero-order valence-corrected chi connectivity index (χ0v) is 8.84. The molecule has 0 spiro atoms. The molecule has 1 rings (SSSR count). The van der Waals surface area contributed by atoms with Crippen LogP contribution >= 0.6 is 0 Å². The SMILES string of the molecule is CNCCCN(C)C(=O)C1CC1C. The van der Waals surface area contributed by atoms with Gasteiger partial charge in [-0.1, -0.05) is 6.92 Å². The van der Waals surface area contributed by atoms with Crippen molar-refractivity contribution in [2.75, 3.05) is 27.2 Å². The molecule has 2 atom stereocenters. The molecular formula is C10H20N2O. The van der Waals surface area contributed by atoms with Crippen molar-refractivity contribution in [3.8, 4) is 0 Å². The molecule has 0 saturated heterocycles. The second-order valence-electron chi connectivity index (χ2n) is 4.04. The van der Waals surface area contributed by atoms with Gasteiger partial charge in [0.1, 0.15) is 0 Å². The first-order valence-corrected chi connectivity index (χ1v) is 5.06. The molecule has 0 aromatic heterocycles. The topological polar surface area (TPSA) is 32.3 Å². The minimum atomic E-state index is 0.333. The van der Waals surface area contributed by atoms with E-state index in [2.05, 4.69) is 12.2 Å². The first-order valence-electron chi connectivity index (χ1n) is 5.06. The third kappa shape index (κ3) is 2.99. The quantitative estimate of drug-likeness (QED) is 0.638. The second-order valence-corrected chi connectivity index (χ2v) is 4.04. The Balaban J connectivity index is 2.15. The van der Waals surface area contributed by atoms with E-state index in [0.29, 0.717) is 17.7 Å². The van der Waals surface area contributed by atoms with Crippen LogP contribution in [-0.4, -0.2) is 38.0 Å². The van der Waals surface area contributed by atoms with Gasteiger partial charge in [-0.25, -0.2) is 0 Å². The van der Waals surface area contributed by atoms with Crippen LogP contribution in [0.15, 0.2) is 0 Å². The van der Waals surface area contributed by atoms with Crippen LogP contribution in [0, 0.1) is 11.8 Å². The van der Waals surface area contributed by atoms with E-state index >= 15 is 0 Å². The summed E-state index contributed by atoms with van der Waals surface area (Å²) in [7, 11) is 3.84. The van der Waals surface area contributed by atoms with E-state index in [4.69, 9.17) is 0 Å². The molecule has 0 radical (unpaired) electrons. The fraction of sp³-hybridized carbons (Fsp3) is 0.900. The Labute approximate surface area is 80.5 Å². The number of carbonyl (C=O) groups is 1. The zero-order chi connectivity index (χ0) is 9.84. The van der Waals surface area contributed by atoms with Crippen molar-refractivity contribution in [1.82, 2.24) is 10.2 Å². The predicted octanol–water partition coefficient (Wildman–Crippen LogP) is 0.710. The summed E-state index contributed by atoms with van der Waals surface area (Å²) in [6, 6.07) is 0. The van der Waals surface area contributed by atoms with E-state index in [1.165, 1.54) is 0 Å². The largest absolute Gasteiger partial charge is 0.345 e. The summed E-state index contributed by atoms with van der Waals surface area (Å²) in [4.78, 5) is 13.5. The van der Waals surface area contributed by atoms with Crippen molar-refractivity contribution in [1.29, 1.82) is 0 Å². The Kier molecular flexibility index (Phi) is 3.72. The van der Waals surface area contributed by atoms with Crippen LogP contribution in [0.5, 0.6) is 0 Å². The fourth-order valence-corrected chi connectivity index (χ4v) is 1.55. The molecule has 76 valence electrons. The smallest absolute Gasteiger partial charge is 0.225 e. The average molecular weight is 184 g/mol. The third-order valence-corrected chi connectivity index (χ3v) is 2.72. The van der Waals surface area contributed by atoms with Gasteiger partial charge < -0.3 is 10.2 Å². The first-order chi connectivity index (χ1) is 6.16. The van der Waals surface area contributed by atoms with Crippen LogP contribution in [0.25, 0.3) is 0 Å². The van der Waals surface area contributed by atoms with Crippen molar-refractivity contribution in [3.63, 3.8) is 0 Å². The number of nitrogens with one attached hydrogen (secondary N) is 1. The molecule has 13 heavy (non-hydrogen) atoms. The van der Waals surface area contributed by atoms with Gasteiger partial charge in [-0.15, -0.1) is 0 Å². The van der Waals surface area contributed by atoms with Crippen molar-refractivity contribution >= 4 is 5.91 Å². The molecular weight excluding hydrogens is 164 g/mol. The molecule has 0 aromatic carbocycles. The van der Waals surface area contributed by atoms with Crippen LogP contribution in [0.1, 0.15) is 19.8 Å². The molecule has 1 fully saturated rings. The Morgan fingerprint density at radius 3 is 2.69 bits per heavy atom. The molecule has 1 aliphatic carbocycles. The van der Waals surface area contributed by atoms with Gasteiger partial charge in [-0.3, -0.25) is 4.79 Å². The zero-order valence-electron chi connectivity index (χ0n) is 8.84. The van der Waals surface area contributed by atoms with Crippen molar-refractivity contribution in [2.24, 2.45) is 11.8 Å². The summed E-state index contributed by atoms with van der Waals surface area (Å²) in [6.45, 7) is 4.00. The summed E-state index contributed by atoms with van der Waals surface area (Å²) < 4.78 is 0. The molecule has 1 N–H and O–H groups in total. The van der Waals surface area contributed by atoms with E-state index in [1.54, 1.807) is 0 Å². The number of nitrogens with zero attached hydrogens (tertiary/aromatic N) is 1. The maximum atomic E-state index is 11.6. The lowest BCUT2D eigenvalue weighted by Gasteiger charge is -2.16. The third-order valence-electron chi connectivity index (χ3n) is 2.72. The normalized spacial score (nSPS) is 25.8. The average Bonchev–Trinajstić information content (AvgIpc) is 2.81. The molecule has 1 saturated carbocycles. The summed E-state index contributed by atoms with van der Waals surface area (Å²) >= 11 is 0. The molecule has 3 nitrogen and oxygen atoms in total. The fourth-order valence-electron chi connectivity index (χ4n) is 1.55. The van der Waals surface area contributed by atoms with E-state index in [1.807, 2.05) is 19.0 Å². The van der Waals surface area contributed by atoms with Crippen LogP contribution < -0.4 is 5.32 Å². The lowest BCUT2D eigenvalue weighted by atomic mass is 10.3. The van der Waals surface area contributed by atoms with Gasteiger partial charge in [0.15, 0.2) is 0 Å². The van der Waals surface area contributed by atoms with Gasteiger partial charge in [0.05, 0.1) is 0 Å². The van der Waals surface area contributed by atoms with Crippen LogP contribution in [0.3, 0.4) is 0 Å². The molecule has 0 aliphatic heterocycles. The van der Waals surface area contributed by atoms with Crippen molar-refractivity contribution in [2.45, 2.75) is 19.8 Å². The van der Waals surface area contributed by atoms with E-state index in [9.17, 15) is 4.79 Å². The lowest BCUT2D eigenvalue weighted by molar-refractivity contribution is -0.131. The molecule has 2 unspecified atom stereocenters. The molecule has 0 aromatic rings. The minimum Gasteiger partial charge on any atom is -0.345 e. The van der Waals surface area contributed by atoms with Gasteiger partial charge in [-0.05, 0) is 32.4 Å². The number of hydrogen-bond acceptors (Lipinski definition) is 2. The van der Waals surface area contributed by atoms with Gasteiger partial charge in [0.25, 0.3) is 0 Å². The number of amides is 1. The highest BCUT2D eigenvalue weighted by molar-refractivity contribution is 5.81. The van der Waals surface area contributed by atoms with Crippen molar-refractivity contribution in [3.05, 3.63) is 0 Å². The van der Waals surface area contributed by atoms with Gasteiger partial charge in [0, 0.05) is 19.5 Å². The van der Waals surface area contributed by atoms with Gasteiger partial charge in [0.2, 0.25) is 5.91 Å². The van der Waals surface area contributed by atoms with Crippen LogP contribution in [-0.2, 0) is 4.79 Å². The predicted molar refractivity (Wildman–Crippen MR) is 53.5 cm³/mol. The molecule has 0 heterocycles. The number of rotatable bonds is 5. The number of carbonyl (C=O) groups excluding carboxylic acids is 1. The summed E-state index contributed by atoms with van der Waals surface area (Å²) in [5.74, 6) is 1.29. The molecule has 1 amide bonds. The molecule has 3 heteroatoms. The Bertz CT molecular complexity index is 182. The monoisotopic (exact) mass is 184 g/mol. The maximum absolute atomic E-state index is 11.6. The van der Waals surface area contributed by atoms with Crippen molar-refractivity contribution < 1.29 is 4.79 Å². The van der Waals surface area contributed by atoms with E-state index in [0.717, 1.165) is 25.9 Å². The highest BCUT2D eigenvalue weighted by Gasteiger charge is 2.40. The summed E-state index contributed by atoms with van der Waals surface area (Å²) in [5.41, 5.74) is 0. The van der Waals surface area contributed by atoms with Crippen LogP contribution in [0.4, 0.5) is 0 Å². The van der Waals surface area contributed by atoms with E-state index in [-0.39, 0.29) is 0 Å². The minimum absolute atomic E-state index is 0.333. The number of hydrogen-bond donors (Lipinski definition) is 1. The lowest BCUT2D eigenvalue weighted by Crippen LogP contribution is -2.30. The summed E-state index contributed by atoms with van der Waals surface area (Å²) in [5, 5.41) is 3.08. The Morgan fingerprint density at radius 1 is 1.62 bits per heavy atom. The molecule has 1 aliphatic rings. The van der Waals surface area contributed by atoms with Gasteiger partial charge >= 0.3 is 0 Å². The van der Waals surface area contributed by atoms with Crippen LogP contribution in [0.2, 0.25) is 0 Å². The van der Waals surface area contributed by atoms with Gasteiger partial charge in [-0.2, -0.15) is 0 Å². The summed E-state index contributed by atoms with van der Waals surface area (Å²) in [6.07, 6.45) is 2.13.